The second-order valence-corrected chi connectivity index (χ2v) is 5.50. The summed E-state index contributed by atoms with van der Waals surface area (Å²) in [6, 6.07) is 6.42. The van der Waals surface area contributed by atoms with Crippen LogP contribution in [0.1, 0.15) is 11.1 Å². The van der Waals surface area contributed by atoms with E-state index in [9.17, 15) is 8.78 Å². The lowest BCUT2D eigenvalue weighted by Crippen LogP contribution is -2.07. The largest absolute Gasteiger partial charge is 0.434 e. The van der Waals surface area contributed by atoms with Crippen LogP contribution in [0.5, 0.6) is 5.75 Å². The Morgan fingerprint density at radius 2 is 2.14 bits per heavy atom. The molecule has 1 N–H and O–H groups in total. The van der Waals surface area contributed by atoms with E-state index in [2.05, 4.69) is 31.0 Å². The maximum atomic E-state index is 12.4. The number of nitrogens with zero attached hydrogens (tertiary/aromatic N) is 1. The molecule has 1 aromatic heterocycles. The molecule has 2 rings (SSSR count). The number of pyridine rings is 1. The number of ether oxygens (including phenoxy) is 1. The molecule has 0 fully saturated rings. The van der Waals surface area contributed by atoms with E-state index in [4.69, 9.17) is 11.6 Å². The standard InChI is InChI=1S/C14H12BrClF2N2O/c1-8-4-11(7-20-13(8)15)19-6-9-5-10(16)2-3-12(9)21-14(17)18/h2-5,7,14,19H,6H2,1H3. The summed E-state index contributed by atoms with van der Waals surface area (Å²) < 4.78 is 30.0. The lowest BCUT2D eigenvalue weighted by Gasteiger charge is -2.13. The van der Waals surface area contributed by atoms with Crippen LogP contribution in [0.3, 0.4) is 0 Å². The van der Waals surface area contributed by atoms with Crippen molar-refractivity contribution in [2.45, 2.75) is 20.1 Å². The van der Waals surface area contributed by atoms with Gasteiger partial charge >= 0.3 is 6.61 Å². The normalized spacial score (nSPS) is 10.8. The van der Waals surface area contributed by atoms with Crippen molar-refractivity contribution in [3.63, 3.8) is 0 Å². The zero-order valence-corrected chi connectivity index (χ0v) is 13.4. The predicted molar refractivity (Wildman–Crippen MR) is 82.1 cm³/mol. The van der Waals surface area contributed by atoms with E-state index >= 15 is 0 Å². The SMILES string of the molecule is Cc1cc(NCc2cc(Cl)ccc2OC(F)F)cnc1Br. The Morgan fingerprint density at radius 3 is 2.81 bits per heavy atom. The molecule has 7 heteroatoms. The number of aryl methyl sites for hydroxylation is 1. The number of hydrogen-bond donors (Lipinski definition) is 1. The van der Waals surface area contributed by atoms with E-state index in [1.807, 2.05) is 13.0 Å². The zero-order chi connectivity index (χ0) is 15.4. The Hall–Kier alpha value is -1.40. The lowest BCUT2D eigenvalue weighted by atomic mass is 10.2. The van der Waals surface area contributed by atoms with E-state index in [1.54, 1.807) is 12.3 Å². The lowest BCUT2D eigenvalue weighted by molar-refractivity contribution is -0.0504. The quantitative estimate of drug-likeness (QED) is 0.743. The van der Waals surface area contributed by atoms with Gasteiger partial charge in [-0.15, -0.1) is 0 Å². The fraction of sp³-hybridized carbons (Fsp3) is 0.214. The molecule has 0 saturated carbocycles. The molecule has 1 heterocycles. The van der Waals surface area contributed by atoms with Crippen molar-refractivity contribution in [1.82, 2.24) is 4.98 Å². The summed E-state index contributed by atoms with van der Waals surface area (Å²) in [5.41, 5.74) is 2.29. The summed E-state index contributed by atoms with van der Waals surface area (Å²) in [7, 11) is 0. The number of rotatable bonds is 5. The van der Waals surface area contributed by atoms with Crippen LogP contribution in [-0.2, 0) is 6.54 Å². The summed E-state index contributed by atoms with van der Waals surface area (Å²) in [5.74, 6) is 0.101. The molecule has 21 heavy (non-hydrogen) atoms. The van der Waals surface area contributed by atoms with Crippen LogP contribution in [0.2, 0.25) is 5.02 Å². The number of aromatic nitrogens is 1. The van der Waals surface area contributed by atoms with Crippen molar-refractivity contribution < 1.29 is 13.5 Å². The Morgan fingerprint density at radius 1 is 1.38 bits per heavy atom. The van der Waals surface area contributed by atoms with Crippen molar-refractivity contribution in [2.24, 2.45) is 0 Å². The molecule has 0 aliphatic rings. The first-order chi connectivity index (χ1) is 9.95. The smallest absolute Gasteiger partial charge is 0.387 e. The predicted octanol–water partition coefficient (Wildman–Crippen LogP) is 5.02. The maximum absolute atomic E-state index is 12.4. The Balaban J connectivity index is 2.14. The average Bonchev–Trinajstić information content (AvgIpc) is 2.42. The van der Waals surface area contributed by atoms with Gasteiger partial charge in [0.2, 0.25) is 0 Å². The van der Waals surface area contributed by atoms with Gasteiger partial charge in [0, 0.05) is 17.1 Å². The first-order valence-electron chi connectivity index (χ1n) is 6.05. The van der Waals surface area contributed by atoms with Crippen LogP contribution in [-0.4, -0.2) is 11.6 Å². The van der Waals surface area contributed by atoms with Gasteiger partial charge in [0.1, 0.15) is 10.4 Å². The van der Waals surface area contributed by atoms with Crippen LogP contribution in [0.25, 0.3) is 0 Å². The van der Waals surface area contributed by atoms with Crippen LogP contribution in [0.15, 0.2) is 35.1 Å². The molecule has 0 aliphatic heterocycles. The van der Waals surface area contributed by atoms with Gasteiger partial charge in [-0.3, -0.25) is 0 Å². The molecule has 0 spiro atoms. The monoisotopic (exact) mass is 376 g/mol. The molecular formula is C14H12BrClF2N2O. The van der Waals surface area contributed by atoms with Crippen molar-refractivity contribution in [3.05, 3.63) is 51.2 Å². The Labute approximate surface area is 134 Å². The fourth-order valence-electron chi connectivity index (χ4n) is 1.75. The zero-order valence-electron chi connectivity index (χ0n) is 11.0. The third-order valence-electron chi connectivity index (χ3n) is 2.74. The van der Waals surface area contributed by atoms with Gasteiger partial charge in [-0.25, -0.2) is 4.98 Å². The maximum Gasteiger partial charge on any atom is 0.387 e. The summed E-state index contributed by atoms with van der Waals surface area (Å²) in [5, 5.41) is 3.56. The van der Waals surface area contributed by atoms with E-state index in [0.29, 0.717) is 17.1 Å². The molecule has 0 radical (unpaired) electrons. The molecule has 0 aliphatic carbocycles. The summed E-state index contributed by atoms with van der Waals surface area (Å²) >= 11 is 9.21. The van der Waals surface area contributed by atoms with Crippen LogP contribution in [0.4, 0.5) is 14.5 Å². The minimum atomic E-state index is -2.87. The van der Waals surface area contributed by atoms with Gasteiger partial charge in [-0.2, -0.15) is 8.78 Å². The van der Waals surface area contributed by atoms with Gasteiger partial charge < -0.3 is 10.1 Å². The van der Waals surface area contributed by atoms with Crippen molar-refractivity contribution >= 4 is 33.2 Å². The minimum Gasteiger partial charge on any atom is -0.434 e. The topological polar surface area (TPSA) is 34.1 Å². The van der Waals surface area contributed by atoms with Crippen LogP contribution < -0.4 is 10.1 Å². The first-order valence-corrected chi connectivity index (χ1v) is 7.22. The second kappa shape index (κ2) is 7.04. The number of benzene rings is 1. The summed E-state index contributed by atoms with van der Waals surface area (Å²) in [6.45, 7) is -0.667. The molecule has 2 aromatic rings. The number of alkyl halides is 2. The highest BCUT2D eigenvalue weighted by Crippen LogP contribution is 2.26. The van der Waals surface area contributed by atoms with Gasteiger partial charge in [-0.05, 0) is 52.7 Å². The minimum absolute atomic E-state index is 0.101. The van der Waals surface area contributed by atoms with Crippen molar-refractivity contribution in [2.75, 3.05) is 5.32 Å². The van der Waals surface area contributed by atoms with E-state index in [-0.39, 0.29) is 5.75 Å². The molecule has 0 bridgehead atoms. The highest BCUT2D eigenvalue weighted by molar-refractivity contribution is 9.10. The van der Waals surface area contributed by atoms with E-state index < -0.39 is 6.61 Å². The number of anilines is 1. The van der Waals surface area contributed by atoms with Gasteiger partial charge in [0.05, 0.1) is 11.9 Å². The molecule has 1 aromatic carbocycles. The third-order valence-corrected chi connectivity index (χ3v) is 3.80. The molecular weight excluding hydrogens is 366 g/mol. The van der Waals surface area contributed by atoms with Crippen molar-refractivity contribution in [3.8, 4) is 5.75 Å². The average molecular weight is 378 g/mol. The summed E-state index contributed by atoms with van der Waals surface area (Å²) in [4.78, 5) is 4.16. The van der Waals surface area contributed by atoms with E-state index in [1.165, 1.54) is 12.1 Å². The molecule has 0 unspecified atom stereocenters. The Bertz CT molecular complexity index is 640. The molecule has 3 nitrogen and oxygen atoms in total. The van der Waals surface area contributed by atoms with Crippen LogP contribution in [0, 0.1) is 6.92 Å². The Kier molecular flexibility index (Phi) is 5.36. The summed E-state index contributed by atoms with van der Waals surface area (Å²) in [6.07, 6.45) is 1.65. The van der Waals surface area contributed by atoms with Gasteiger partial charge in [0.15, 0.2) is 0 Å². The number of halogens is 4. The van der Waals surface area contributed by atoms with Gasteiger partial charge in [-0.1, -0.05) is 11.6 Å². The fourth-order valence-corrected chi connectivity index (χ4v) is 2.16. The second-order valence-electron chi connectivity index (χ2n) is 4.32. The molecule has 0 atom stereocenters. The number of hydrogen-bond acceptors (Lipinski definition) is 3. The third kappa shape index (κ3) is 4.54. The highest BCUT2D eigenvalue weighted by atomic mass is 79.9. The van der Waals surface area contributed by atoms with Crippen molar-refractivity contribution in [1.29, 1.82) is 0 Å². The highest BCUT2D eigenvalue weighted by Gasteiger charge is 2.10. The van der Waals surface area contributed by atoms with Gasteiger partial charge in [0.25, 0.3) is 0 Å². The first kappa shape index (κ1) is 16.0. The molecule has 0 saturated heterocycles. The molecule has 0 amide bonds. The van der Waals surface area contributed by atoms with Crippen LogP contribution >= 0.6 is 27.5 Å². The van der Waals surface area contributed by atoms with E-state index in [0.717, 1.165) is 15.9 Å². The number of nitrogens with one attached hydrogen (secondary N) is 1. The molecule has 112 valence electrons.